The van der Waals surface area contributed by atoms with Crippen molar-refractivity contribution in [2.45, 2.75) is 13.5 Å². The van der Waals surface area contributed by atoms with Crippen LogP contribution in [0.25, 0.3) is 6.08 Å². The van der Waals surface area contributed by atoms with Gasteiger partial charge in [-0.05, 0) is 60.2 Å². The summed E-state index contributed by atoms with van der Waals surface area (Å²) in [6.07, 6.45) is 1.59. The summed E-state index contributed by atoms with van der Waals surface area (Å²) in [5.41, 5.74) is 3.33. The number of hydrogen-bond acceptors (Lipinski definition) is 8. The number of anilines is 1. The third kappa shape index (κ3) is 6.18. The zero-order valence-electron chi connectivity index (χ0n) is 21.4. The SMILES string of the molecule is COc1cc(/C=C2/SC(=O)N(CC(=O)Nc3ccc4c(c3)OCCO4)C2=O)ccc1OCc1ccc(C)cc1. The number of nitrogens with zero attached hydrogens (tertiary/aromatic N) is 1. The number of carbonyl (C=O) groups is 3. The summed E-state index contributed by atoms with van der Waals surface area (Å²) in [7, 11) is 1.53. The van der Waals surface area contributed by atoms with Gasteiger partial charge in [0.1, 0.15) is 26.4 Å². The molecule has 0 aromatic heterocycles. The number of amides is 3. The second kappa shape index (κ2) is 11.5. The molecular formula is C29H26N2O7S. The highest BCUT2D eigenvalue weighted by Crippen LogP contribution is 2.35. The van der Waals surface area contributed by atoms with E-state index in [1.165, 1.54) is 12.7 Å². The van der Waals surface area contributed by atoms with Crippen LogP contribution >= 0.6 is 11.8 Å². The van der Waals surface area contributed by atoms with Crippen molar-refractivity contribution in [3.8, 4) is 23.0 Å². The van der Waals surface area contributed by atoms with E-state index >= 15 is 0 Å². The summed E-state index contributed by atoms with van der Waals surface area (Å²) >= 11 is 0.780. The highest BCUT2D eigenvalue weighted by molar-refractivity contribution is 8.18. The maximum atomic E-state index is 12.9. The van der Waals surface area contributed by atoms with Crippen molar-refractivity contribution in [3.63, 3.8) is 0 Å². The molecule has 3 amide bonds. The Kier molecular flexibility index (Phi) is 7.74. The average Bonchev–Trinajstić information content (AvgIpc) is 3.20. The number of carbonyl (C=O) groups excluding carboxylic acids is 3. The van der Waals surface area contributed by atoms with Gasteiger partial charge in [-0.25, -0.2) is 0 Å². The summed E-state index contributed by atoms with van der Waals surface area (Å²) in [6, 6.07) is 18.3. The first-order valence-corrected chi connectivity index (χ1v) is 13.0. The molecule has 0 atom stereocenters. The fraction of sp³-hybridized carbons (Fsp3) is 0.207. The molecule has 2 aliphatic heterocycles. The van der Waals surface area contributed by atoms with Gasteiger partial charge in [-0.1, -0.05) is 35.9 Å². The number of hydrogen-bond donors (Lipinski definition) is 1. The standard InChI is InChI=1S/C29H26N2O7S/c1-18-3-5-19(6-4-18)17-38-22-9-7-20(13-24(22)35-2)14-26-28(33)31(29(34)39-26)16-27(32)30-21-8-10-23-25(15-21)37-12-11-36-23/h3-10,13-15H,11-12,16-17H2,1-2H3,(H,30,32)/b26-14+. The van der Waals surface area contributed by atoms with Gasteiger partial charge in [0.25, 0.3) is 11.1 Å². The number of aryl methyl sites for hydroxylation is 1. The van der Waals surface area contributed by atoms with Crippen molar-refractivity contribution in [3.05, 3.63) is 82.3 Å². The molecule has 0 radical (unpaired) electrons. The predicted octanol–water partition coefficient (Wildman–Crippen LogP) is 5.03. The molecule has 0 unspecified atom stereocenters. The van der Waals surface area contributed by atoms with Crippen LogP contribution in [0.5, 0.6) is 23.0 Å². The van der Waals surface area contributed by atoms with E-state index in [1.54, 1.807) is 42.5 Å². The molecule has 2 heterocycles. The van der Waals surface area contributed by atoms with Crippen LogP contribution in [0.2, 0.25) is 0 Å². The first-order chi connectivity index (χ1) is 18.9. The number of imide groups is 1. The minimum Gasteiger partial charge on any atom is -0.493 e. The fourth-order valence-corrected chi connectivity index (χ4v) is 4.83. The summed E-state index contributed by atoms with van der Waals surface area (Å²) in [5, 5.41) is 2.17. The Morgan fingerprint density at radius 2 is 1.77 bits per heavy atom. The average molecular weight is 547 g/mol. The minimum absolute atomic E-state index is 0.211. The van der Waals surface area contributed by atoms with Crippen LogP contribution < -0.4 is 24.3 Å². The van der Waals surface area contributed by atoms with Crippen molar-refractivity contribution >= 4 is 40.6 Å². The molecule has 0 bridgehead atoms. The van der Waals surface area contributed by atoms with Crippen LogP contribution in [0.1, 0.15) is 16.7 Å². The zero-order valence-corrected chi connectivity index (χ0v) is 22.2. The first kappa shape index (κ1) is 26.2. The Bertz CT molecular complexity index is 1450. The van der Waals surface area contributed by atoms with Gasteiger partial charge in [0, 0.05) is 11.8 Å². The summed E-state index contributed by atoms with van der Waals surface area (Å²) in [6.45, 7) is 2.87. The van der Waals surface area contributed by atoms with E-state index in [9.17, 15) is 14.4 Å². The Morgan fingerprint density at radius 1 is 1.00 bits per heavy atom. The lowest BCUT2D eigenvalue weighted by Gasteiger charge is -2.19. The molecule has 1 N–H and O–H groups in total. The lowest BCUT2D eigenvalue weighted by Crippen LogP contribution is -2.36. The minimum atomic E-state index is -0.541. The number of fused-ring (bicyclic) bond motifs is 1. The molecule has 3 aromatic rings. The molecule has 3 aromatic carbocycles. The summed E-state index contributed by atoms with van der Waals surface area (Å²) < 4.78 is 22.4. The van der Waals surface area contributed by atoms with Crippen LogP contribution in [-0.2, 0) is 16.2 Å². The lowest BCUT2D eigenvalue weighted by atomic mass is 10.1. The molecule has 39 heavy (non-hydrogen) atoms. The van der Waals surface area contributed by atoms with Crippen molar-refractivity contribution < 1.29 is 33.3 Å². The lowest BCUT2D eigenvalue weighted by molar-refractivity contribution is -0.127. The molecule has 0 saturated carbocycles. The van der Waals surface area contributed by atoms with Crippen LogP contribution in [-0.4, -0.2) is 48.8 Å². The monoisotopic (exact) mass is 546 g/mol. The number of ether oxygens (including phenoxy) is 4. The number of nitrogens with one attached hydrogen (secondary N) is 1. The van der Waals surface area contributed by atoms with Gasteiger partial charge >= 0.3 is 0 Å². The van der Waals surface area contributed by atoms with E-state index in [2.05, 4.69) is 5.32 Å². The van der Waals surface area contributed by atoms with Crippen LogP contribution in [0.4, 0.5) is 10.5 Å². The van der Waals surface area contributed by atoms with Gasteiger partial charge < -0.3 is 24.3 Å². The molecule has 10 heteroatoms. The molecule has 5 rings (SSSR count). The quantitative estimate of drug-likeness (QED) is 0.393. The van der Waals surface area contributed by atoms with Gasteiger partial charge in [0.15, 0.2) is 23.0 Å². The van der Waals surface area contributed by atoms with E-state index < -0.39 is 23.6 Å². The molecule has 1 saturated heterocycles. The molecular weight excluding hydrogens is 520 g/mol. The second-order valence-electron chi connectivity index (χ2n) is 8.86. The maximum absolute atomic E-state index is 12.9. The second-order valence-corrected chi connectivity index (χ2v) is 9.85. The van der Waals surface area contributed by atoms with E-state index in [0.29, 0.717) is 54.1 Å². The van der Waals surface area contributed by atoms with E-state index in [4.69, 9.17) is 18.9 Å². The highest BCUT2D eigenvalue weighted by Gasteiger charge is 2.36. The van der Waals surface area contributed by atoms with Gasteiger partial charge in [-0.3, -0.25) is 19.3 Å². The van der Waals surface area contributed by atoms with Crippen LogP contribution in [0.15, 0.2) is 65.6 Å². The Labute approximate surface area is 229 Å². The van der Waals surface area contributed by atoms with Gasteiger partial charge in [-0.2, -0.15) is 0 Å². The largest absolute Gasteiger partial charge is 0.493 e. The zero-order chi connectivity index (χ0) is 27.4. The van der Waals surface area contributed by atoms with Gasteiger partial charge in [-0.15, -0.1) is 0 Å². The van der Waals surface area contributed by atoms with E-state index in [0.717, 1.165) is 22.2 Å². The Morgan fingerprint density at radius 3 is 2.54 bits per heavy atom. The normalized spacial score (nSPS) is 15.4. The van der Waals surface area contributed by atoms with E-state index in [-0.39, 0.29) is 4.91 Å². The molecule has 200 valence electrons. The fourth-order valence-electron chi connectivity index (χ4n) is 3.99. The molecule has 1 fully saturated rings. The number of thioether (sulfide) groups is 1. The third-order valence-corrected chi connectivity index (χ3v) is 6.91. The number of benzene rings is 3. The summed E-state index contributed by atoms with van der Waals surface area (Å²) in [5.74, 6) is 1.12. The maximum Gasteiger partial charge on any atom is 0.294 e. The summed E-state index contributed by atoms with van der Waals surface area (Å²) in [4.78, 5) is 39.2. The highest BCUT2D eigenvalue weighted by atomic mass is 32.2. The predicted molar refractivity (Wildman–Crippen MR) is 147 cm³/mol. The topological polar surface area (TPSA) is 103 Å². The molecule has 0 spiro atoms. The first-order valence-electron chi connectivity index (χ1n) is 12.2. The third-order valence-electron chi connectivity index (χ3n) is 6.00. The smallest absolute Gasteiger partial charge is 0.294 e. The van der Waals surface area contributed by atoms with Crippen LogP contribution in [0.3, 0.4) is 0 Å². The van der Waals surface area contributed by atoms with Crippen molar-refractivity contribution in [1.82, 2.24) is 4.90 Å². The van der Waals surface area contributed by atoms with E-state index in [1.807, 2.05) is 31.2 Å². The Balaban J connectivity index is 1.22. The van der Waals surface area contributed by atoms with Crippen molar-refractivity contribution in [2.24, 2.45) is 0 Å². The number of rotatable bonds is 8. The Hall–Kier alpha value is -4.44. The van der Waals surface area contributed by atoms with Crippen molar-refractivity contribution in [1.29, 1.82) is 0 Å². The van der Waals surface area contributed by atoms with Crippen molar-refractivity contribution in [2.75, 3.05) is 32.2 Å². The van der Waals surface area contributed by atoms with Gasteiger partial charge in [0.05, 0.1) is 12.0 Å². The molecule has 2 aliphatic rings. The van der Waals surface area contributed by atoms with Crippen LogP contribution in [0, 0.1) is 6.92 Å². The molecule has 0 aliphatic carbocycles. The van der Waals surface area contributed by atoms with Gasteiger partial charge in [0.2, 0.25) is 5.91 Å². The number of methoxy groups -OCH3 is 1. The molecule has 9 nitrogen and oxygen atoms in total.